The van der Waals surface area contributed by atoms with Crippen LogP contribution in [-0.4, -0.2) is 60.7 Å². The molecule has 1 unspecified atom stereocenters. The molecule has 1 aliphatic heterocycles. The van der Waals surface area contributed by atoms with Crippen LogP contribution >= 0.6 is 24.8 Å². The number of halogens is 2. The van der Waals surface area contributed by atoms with Gasteiger partial charge in [0.05, 0.1) is 11.0 Å². The maximum Gasteiger partial charge on any atom is 0.242 e. The van der Waals surface area contributed by atoms with E-state index in [2.05, 4.69) is 17.2 Å². The summed E-state index contributed by atoms with van der Waals surface area (Å²) >= 11 is 0. The predicted octanol–water partition coefficient (Wildman–Crippen LogP) is 2.03. The summed E-state index contributed by atoms with van der Waals surface area (Å²) < 4.78 is 25.4. The molecule has 2 aromatic rings. The summed E-state index contributed by atoms with van der Waals surface area (Å²) in [7, 11) is -3.25. The molecular formula is C18H28Cl2N4O3S. The molecule has 1 saturated heterocycles. The number of aromatic nitrogens is 2. The quantitative estimate of drug-likeness (QED) is 0.697. The van der Waals surface area contributed by atoms with Crippen molar-refractivity contribution in [1.82, 2.24) is 19.8 Å². The van der Waals surface area contributed by atoms with Crippen LogP contribution in [0, 0.1) is 0 Å². The molecule has 158 valence electrons. The summed E-state index contributed by atoms with van der Waals surface area (Å²) in [6.07, 6.45) is 3.03. The van der Waals surface area contributed by atoms with Crippen molar-refractivity contribution < 1.29 is 13.2 Å². The van der Waals surface area contributed by atoms with E-state index in [1.165, 1.54) is 6.26 Å². The normalized spacial score (nSPS) is 16.4. The molecule has 1 fully saturated rings. The van der Waals surface area contributed by atoms with Crippen LogP contribution in [0.5, 0.6) is 0 Å². The Morgan fingerprint density at radius 2 is 2.04 bits per heavy atom. The van der Waals surface area contributed by atoms with E-state index < -0.39 is 9.84 Å². The third kappa shape index (κ3) is 5.83. The minimum atomic E-state index is -3.25. The largest absolute Gasteiger partial charge is 0.337 e. The monoisotopic (exact) mass is 450 g/mol. The number of carbonyl (C=O) groups is 1. The molecule has 1 aliphatic rings. The third-order valence-electron chi connectivity index (χ3n) is 4.68. The summed E-state index contributed by atoms with van der Waals surface area (Å²) in [5.74, 6) is 0.259. The Morgan fingerprint density at radius 1 is 1.32 bits per heavy atom. The molecule has 10 heteroatoms. The zero-order chi connectivity index (χ0) is 18.7. The third-order valence-corrected chi connectivity index (χ3v) is 5.46. The highest BCUT2D eigenvalue weighted by atomic mass is 35.5. The Kier molecular flexibility index (Phi) is 9.20. The van der Waals surface area contributed by atoms with Crippen LogP contribution in [0.4, 0.5) is 0 Å². The van der Waals surface area contributed by atoms with Crippen molar-refractivity contribution in [3.05, 3.63) is 30.1 Å². The molecule has 0 spiro atoms. The maximum absolute atomic E-state index is 13.0. The van der Waals surface area contributed by atoms with E-state index in [9.17, 15) is 13.2 Å². The first-order valence-electron chi connectivity index (χ1n) is 9.01. The number of benzene rings is 1. The Bertz CT molecular complexity index is 895. The van der Waals surface area contributed by atoms with E-state index in [4.69, 9.17) is 0 Å². The van der Waals surface area contributed by atoms with Gasteiger partial charge in [-0.25, -0.2) is 13.4 Å². The second-order valence-electron chi connectivity index (χ2n) is 6.91. The van der Waals surface area contributed by atoms with Gasteiger partial charge in [0.15, 0.2) is 9.84 Å². The first kappa shape index (κ1) is 24.7. The first-order chi connectivity index (χ1) is 12.4. The lowest BCUT2D eigenvalue weighted by atomic mass is 10.2. The minimum absolute atomic E-state index is 0. The molecule has 3 rings (SSSR count). The Hall–Kier alpha value is -1.35. The van der Waals surface area contributed by atoms with Crippen LogP contribution in [0.25, 0.3) is 11.0 Å². The van der Waals surface area contributed by atoms with Crippen molar-refractivity contribution in [2.24, 2.45) is 0 Å². The van der Waals surface area contributed by atoms with Gasteiger partial charge in [-0.15, -0.1) is 24.8 Å². The van der Waals surface area contributed by atoms with Crippen LogP contribution in [0.2, 0.25) is 0 Å². The van der Waals surface area contributed by atoms with Crippen molar-refractivity contribution in [2.45, 2.75) is 38.1 Å². The Morgan fingerprint density at radius 3 is 2.64 bits per heavy atom. The van der Waals surface area contributed by atoms with Crippen molar-refractivity contribution in [3.63, 3.8) is 0 Å². The zero-order valence-electron chi connectivity index (χ0n) is 16.1. The number of sulfone groups is 1. The number of nitrogens with one attached hydrogen (secondary N) is 1. The van der Waals surface area contributed by atoms with Gasteiger partial charge in [-0.2, -0.15) is 0 Å². The van der Waals surface area contributed by atoms with Gasteiger partial charge < -0.3 is 14.8 Å². The summed E-state index contributed by atoms with van der Waals surface area (Å²) in [6, 6.07) is 7.66. The van der Waals surface area contributed by atoms with E-state index in [0.717, 1.165) is 31.4 Å². The standard InChI is InChI=1S/C18H26N4O3S.2ClH/c1-3-10-21(14-8-9-19-11-14)18(23)12-22-16-7-5-4-6-15(16)20-17(22)13-26(2,24)25;;/h4-7,14,19H,3,8-13H2,1-2H3;2*1H. The van der Waals surface area contributed by atoms with E-state index in [0.29, 0.717) is 17.9 Å². The lowest BCUT2D eigenvalue weighted by Crippen LogP contribution is -2.43. The van der Waals surface area contributed by atoms with Crippen LogP contribution in [0.15, 0.2) is 24.3 Å². The van der Waals surface area contributed by atoms with Crippen LogP contribution in [0.3, 0.4) is 0 Å². The minimum Gasteiger partial charge on any atom is -0.337 e. The number of hydrogen-bond donors (Lipinski definition) is 1. The molecule has 1 atom stereocenters. The highest BCUT2D eigenvalue weighted by Crippen LogP contribution is 2.19. The van der Waals surface area contributed by atoms with Crippen LogP contribution in [0.1, 0.15) is 25.6 Å². The molecule has 1 aromatic carbocycles. The lowest BCUT2D eigenvalue weighted by molar-refractivity contribution is -0.133. The van der Waals surface area contributed by atoms with Gasteiger partial charge in [0.2, 0.25) is 5.91 Å². The van der Waals surface area contributed by atoms with Gasteiger partial charge in [-0.3, -0.25) is 4.79 Å². The van der Waals surface area contributed by atoms with E-state index in [1.54, 1.807) is 4.57 Å². The van der Waals surface area contributed by atoms with Gasteiger partial charge in [0.1, 0.15) is 18.1 Å². The topological polar surface area (TPSA) is 84.3 Å². The number of rotatable bonds is 7. The summed E-state index contributed by atoms with van der Waals surface area (Å²) in [5.41, 5.74) is 1.50. The number of nitrogens with zero attached hydrogens (tertiary/aromatic N) is 3. The van der Waals surface area contributed by atoms with Gasteiger partial charge in [0.25, 0.3) is 0 Å². The first-order valence-corrected chi connectivity index (χ1v) is 11.1. The Labute approximate surface area is 178 Å². The highest BCUT2D eigenvalue weighted by Gasteiger charge is 2.27. The SMILES string of the molecule is CCCN(C(=O)Cn1c(CS(C)(=O)=O)nc2ccccc21)C1CCNC1.Cl.Cl. The average molecular weight is 451 g/mol. The van der Waals surface area contributed by atoms with Gasteiger partial charge >= 0.3 is 0 Å². The number of amides is 1. The van der Waals surface area contributed by atoms with Crippen molar-refractivity contribution in [2.75, 3.05) is 25.9 Å². The smallest absolute Gasteiger partial charge is 0.242 e. The number of hydrogen-bond acceptors (Lipinski definition) is 5. The molecule has 0 saturated carbocycles. The maximum atomic E-state index is 13.0. The van der Waals surface area contributed by atoms with Gasteiger partial charge in [-0.05, 0) is 31.5 Å². The summed E-state index contributed by atoms with van der Waals surface area (Å²) in [4.78, 5) is 19.4. The molecule has 1 aromatic heterocycles. The van der Waals surface area contributed by atoms with Gasteiger partial charge in [-0.1, -0.05) is 19.1 Å². The molecule has 0 aliphatic carbocycles. The zero-order valence-corrected chi connectivity index (χ0v) is 18.6. The summed E-state index contributed by atoms with van der Waals surface area (Å²) in [5, 5.41) is 3.30. The molecular weight excluding hydrogens is 423 g/mol. The second kappa shape index (κ2) is 10.4. The van der Waals surface area contributed by atoms with Gasteiger partial charge in [0, 0.05) is 25.4 Å². The van der Waals surface area contributed by atoms with Crippen LogP contribution < -0.4 is 5.32 Å². The molecule has 1 amide bonds. The molecule has 2 heterocycles. The fourth-order valence-electron chi connectivity index (χ4n) is 3.53. The summed E-state index contributed by atoms with van der Waals surface area (Å²) in [6.45, 7) is 4.61. The fraction of sp³-hybridized carbons (Fsp3) is 0.556. The number of imidazole rings is 1. The number of para-hydroxylation sites is 2. The highest BCUT2D eigenvalue weighted by molar-refractivity contribution is 7.89. The number of carbonyl (C=O) groups excluding carboxylic acids is 1. The van der Waals surface area contributed by atoms with Crippen LogP contribution in [-0.2, 0) is 26.9 Å². The molecule has 7 nitrogen and oxygen atoms in total. The average Bonchev–Trinajstić information content (AvgIpc) is 3.20. The fourth-order valence-corrected chi connectivity index (χ4v) is 4.22. The van der Waals surface area contributed by atoms with E-state index in [-0.39, 0.29) is 49.1 Å². The molecule has 0 bridgehead atoms. The van der Waals surface area contributed by atoms with Crippen molar-refractivity contribution in [1.29, 1.82) is 0 Å². The second-order valence-corrected chi connectivity index (χ2v) is 9.05. The van der Waals surface area contributed by atoms with Crippen molar-refractivity contribution >= 4 is 51.6 Å². The van der Waals surface area contributed by atoms with Crippen molar-refractivity contribution in [3.8, 4) is 0 Å². The van der Waals surface area contributed by atoms with E-state index in [1.807, 2.05) is 29.2 Å². The lowest BCUT2D eigenvalue weighted by Gasteiger charge is -2.28. The molecule has 1 N–H and O–H groups in total. The molecule has 0 radical (unpaired) electrons. The number of fused-ring (bicyclic) bond motifs is 1. The Balaban J connectivity index is 0.00000196. The van der Waals surface area contributed by atoms with E-state index >= 15 is 0 Å². The molecule has 28 heavy (non-hydrogen) atoms. The predicted molar refractivity (Wildman–Crippen MR) is 116 cm³/mol.